The van der Waals surface area contributed by atoms with Crippen molar-refractivity contribution in [1.82, 2.24) is 0 Å². The summed E-state index contributed by atoms with van der Waals surface area (Å²) in [5, 5.41) is 0. The van der Waals surface area contributed by atoms with Gasteiger partial charge in [-0.25, -0.2) is 12.8 Å². The van der Waals surface area contributed by atoms with E-state index in [0.717, 1.165) is 6.26 Å². The van der Waals surface area contributed by atoms with Crippen LogP contribution < -0.4 is 10.5 Å². The average Bonchev–Trinajstić information content (AvgIpc) is 2.18. The summed E-state index contributed by atoms with van der Waals surface area (Å²) in [6, 6.07) is 3.96. The highest BCUT2D eigenvalue weighted by molar-refractivity contribution is 7.90. The predicted octanol–water partition coefficient (Wildman–Crippen LogP) is 0.708. The molecule has 2 N–H and O–H groups in total. The maximum absolute atomic E-state index is 12.8. The molecule has 1 rings (SSSR count). The lowest BCUT2D eigenvalue weighted by molar-refractivity contribution is 0.337. The molecule has 0 atom stereocenters. The van der Waals surface area contributed by atoms with Crippen molar-refractivity contribution in [3.63, 3.8) is 0 Å². The molecule has 0 unspecified atom stereocenters. The largest absolute Gasteiger partial charge is 0.492 e. The molecule has 90 valence electrons. The molecule has 0 amide bonds. The van der Waals surface area contributed by atoms with E-state index >= 15 is 0 Å². The molecular formula is C10H14FNO3S. The summed E-state index contributed by atoms with van der Waals surface area (Å²) in [7, 11) is -3.05. The second kappa shape index (κ2) is 5.27. The molecule has 0 saturated carbocycles. The highest BCUT2D eigenvalue weighted by Gasteiger charge is 2.06. The van der Waals surface area contributed by atoms with E-state index in [9.17, 15) is 12.8 Å². The predicted molar refractivity (Wildman–Crippen MR) is 59.5 cm³/mol. The molecule has 0 saturated heterocycles. The van der Waals surface area contributed by atoms with Crippen molar-refractivity contribution in [3.05, 3.63) is 29.6 Å². The monoisotopic (exact) mass is 247 g/mol. The first-order valence-corrected chi connectivity index (χ1v) is 6.77. The van der Waals surface area contributed by atoms with Gasteiger partial charge in [-0.3, -0.25) is 0 Å². The van der Waals surface area contributed by atoms with E-state index in [0.29, 0.717) is 11.3 Å². The van der Waals surface area contributed by atoms with E-state index in [4.69, 9.17) is 10.5 Å². The molecule has 6 heteroatoms. The third-order valence-electron chi connectivity index (χ3n) is 1.95. The maximum atomic E-state index is 12.8. The van der Waals surface area contributed by atoms with Gasteiger partial charge in [0, 0.05) is 18.4 Å². The summed E-state index contributed by atoms with van der Waals surface area (Å²) < 4.78 is 39.8. The molecular weight excluding hydrogens is 233 g/mol. The number of benzene rings is 1. The number of ether oxygens (including phenoxy) is 1. The van der Waals surface area contributed by atoms with E-state index in [2.05, 4.69) is 0 Å². The summed E-state index contributed by atoms with van der Waals surface area (Å²) >= 11 is 0. The van der Waals surface area contributed by atoms with Crippen molar-refractivity contribution < 1.29 is 17.5 Å². The molecule has 0 heterocycles. The minimum Gasteiger partial charge on any atom is -0.492 e. The van der Waals surface area contributed by atoms with Gasteiger partial charge in [-0.2, -0.15) is 0 Å². The average molecular weight is 247 g/mol. The Hall–Kier alpha value is -1.14. The first-order valence-electron chi connectivity index (χ1n) is 4.71. The fourth-order valence-electron chi connectivity index (χ4n) is 1.15. The van der Waals surface area contributed by atoms with Crippen LogP contribution in [0.25, 0.3) is 0 Å². The molecule has 4 nitrogen and oxygen atoms in total. The van der Waals surface area contributed by atoms with Gasteiger partial charge < -0.3 is 10.5 Å². The van der Waals surface area contributed by atoms with E-state index in [-0.39, 0.29) is 18.9 Å². The Morgan fingerprint density at radius 1 is 1.44 bits per heavy atom. The zero-order valence-corrected chi connectivity index (χ0v) is 9.76. The van der Waals surface area contributed by atoms with Crippen LogP contribution in [0.3, 0.4) is 0 Å². The van der Waals surface area contributed by atoms with Crippen molar-refractivity contribution in [2.24, 2.45) is 5.73 Å². The highest BCUT2D eigenvalue weighted by atomic mass is 32.2. The zero-order chi connectivity index (χ0) is 12.2. The first kappa shape index (κ1) is 12.9. The Balaban J connectivity index is 2.67. The third kappa shape index (κ3) is 4.16. The van der Waals surface area contributed by atoms with Crippen LogP contribution in [-0.2, 0) is 16.4 Å². The normalized spacial score (nSPS) is 11.4. The van der Waals surface area contributed by atoms with Crippen LogP contribution in [0.15, 0.2) is 18.2 Å². The van der Waals surface area contributed by atoms with Gasteiger partial charge in [0.1, 0.15) is 18.2 Å². The maximum Gasteiger partial charge on any atom is 0.150 e. The lowest BCUT2D eigenvalue weighted by Crippen LogP contribution is -2.13. The van der Waals surface area contributed by atoms with Crippen LogP contribution in [0.2, 0.25) is 0 Å². The van der Waals surface area contributed by atoms with Crippen molar-refractivity contribution in [1.29, 1.82) is 0 Å². The molecule has 16 heavy (non-hydrogen) atoms. The zero-order valence-electron chi connectivity index (χ0n) is 8.94. The van der Waals surface area contributed by atoms with E-state index in [1.807, 2.05) is 0 Å². The Bertz CT molecular complexity index is 459. The van der Waals surface area contributed by atoms with Crippen molar-refractivity contribution in [3.8, 4) is 5.75 Å². The second-order valence-electron chi connectivity index (χ2n) is 3.43. The minimum atomic E-state index is -3.05. The van der Waals surface area contributed by atoms with Crippen LogP contribution in [0.1, 0.15) is 5.56 Å². The number of sulfone groups is 1. The van der Waals surface area contributed by atoms with Crippen LogP contribution >= 0.6 is 0 Å². The SMILES string of the molecule is CS(=O)(=O)CCOc1ccc(F)cc1CN. The smallest absolute Gasteiger partial charge is 0.150 e. The van der Waals surface area contributed by atoms with Gasteiger partial charge in [0.25, 0.3) is 0 Å². The summed E-state index contributed by atoms with van der Waals surface area (Å²) in [6.07, 6.45) is 1.13. The molecule has 1 aromatic rings. The van der Waals surface area contributed by atoms with Gasteiger partial charge in [-0.15, -0.1) is 0 Å². The van der Waals surface area contributed by atoms with Crippen molar-refractivity contribution >= 4 is 9.84 Å². The molecule has 0 radical (unpaired) electrons. The van der Waals surface area contributed by atoms with Crippen molar-refractivity contribution in [2.45, 2.75) is 6.54 Å². The lowest BCUT2D eigenvalue weighted by Gasteiger charge is -2.09. The van der Waals surface area contributed by atoms with E-state index in [1.165, 1.54) is 18.2 Å². The summed E-state index contributed by atoms with van der Waals surface area (Å²) in [6.45, 7) is 0.184. The Morgan fingerprint density at radius 2 is 2.12 bits per heavy atom. The quantitative estimate of drug-likeness (QED) is 0.832. The van der Waals surface area contributed by atoms with Gasteiger partial charge in [0.2, 0.25) is 0 Å². The van der Waals surface area contributed by atoms with Gasteiger partial charge in [-0.1, -0.05) is 0 Å². The van der Waals surface area contributed by atoms with Crippen LogP contribution in [0.5, 0.6) is 5.75 Å². The Kier molecular flexibility index (Phi) is 4.26. The van der Waals surface area contributed by atoms with Crippen LogP contribution in [0, 0.1) is 5.82 Å². The summed E-state index contributed by atoms with van der Waals surface area (Å²) in [5.41, 5.74) is 5.93. The molecule has 0 fully saturated rings. The summed E-state index contributed by atoms with van der Waals surface area (Å²) in [5.74, 6) is -0.0440. The molecule has 0 aliphatic rings. The van der Waals surface area contributed by atoms with Gasteiger partial charge in [0.15, 0.2) is 9.84 Å². The number of rotatable bonds is 5. The minimum absolute atomic E-state index is 0.0392. The third-order valence-corrected chi connectivity index (χ3v) is 2.86. The Morgan fingerprint density at radius 3 is 2.69 bits per heavy atom. The van der Waals surface area contributed by atoms with Crippen LogP contribution in [-0.4, -0.2) is 27.0 Å². The molecule has 0 aliphatic carbocycles. The summed E-state index contributed by atoms with van der Waals surface area (Å²) in [4.78, 5) is 0. The molecule has 1 aromatic carbocycles. The number of hydrogen-bond donors (Lipinski definition) is 1. The second-order valence-corrected chi connectivity index (χ2v) is 5.69. The number of halogens is 1. The van der Waals surface area contributed by atoms with E-state index in [1.54, 1.807) is 0 Å². The standard InChI is InChI=1S/C10H14FNO3S/c1-16(13,14)5-4-15-10-3-2-9(11)6-8(10)7-12/h2-3,6H,4-5,7,12H2,1H3. The van der Waals surface area contributed by atoms with Gasteiger partial charge in [0.05, 0.1) is 5.75 Å². The van der Waals surface area contributed by atoms with Gasteiger partial charge >= 0.3 is 0 Å². The fraction of sp³-hybridized carbons (Fsp3) is 0.400. The van der Waals surface area contributed by atoms with Crippen LogP contribution in [0.4, 0.5) is 4.39 Å². The molecule has 0 bridgehead atoms. The van der Waals surface area contributed by atoms with Crippen molar-refractivity contribution in [2.75, 3.05) is 18.6 Å². The van der Waals surface area contributed by atoms with Gasteiger partial charge in [-0.05, 0) is 18.2 Å². The molecule has 0 spiro atoms. The molecule has 0 aromatic heterocycles. The van der Waals surface area contributed by atoms with E-state index < -0.39 is 15.7 Å². The highest BCUT2D eigenvalue weighted by Crippen LogP contribution is 2.18. The topological polar surface area (TPSA) is 69.4 Å². The first-order chi connectivity index (χ1) is 7.42. The number of hydrogen-bond acceptors (Lipinski definition) is 4. The fourth-order valence-corrected chi connectivity index (χ4v) is 1.54. The lowest BCUT2D eigenvalue weighted by atomic mass is 10.2. The number of nitrogens with two attached hydrogens (primary N) is 1. The molecule has 0 aliphatic heterocycles. The Labute approximate surface area is 94.1 Å².